The number of ketones is 1. The molecule has 7 atom stereocenters. The largest absolute Gasteiger partial charge is 0.550 e. The molecular weight excluding hydrogens is 326 g/mol. The topological polar surface area (TPSA) is 99.9 Å². The standard InChI is InChI=1S/C18H17NO6/c1-8-10(20)7-9(11-3-2-6-24-11)19-15(8)18-5-4-12(25-18)13(17(22)23)14(18)16(19)21/h2-6,8-9,12-15H,7H2,1H3,(H,22,23)/p-1/t8-,9-,12+,13-,14+,15+,18-/m0/s1. The minimum Gasteiger partial charge on any atom is -0.550 e. The molecule has 130 valence electrons. The molecule has 1 amide bonds. The molecule has 7 nitrogen and oxygen atoms in total. The molecule has 0 saturated carbocycles. The van der Waals surface area contributed by atoms with Crippen LogP contribution < -0.4 is 5.11 Å². The van der Waals surface area contributed by atoms with Crippen LogP contribution in [0.3, 0.4) is 0 Å². The van der Waals surface area contributed by atoms with Crippen molar-refractivity contribution in [2.24, 2.45) is 17.8 Å². The number of rotatable bonds is 2. The highest BCUT2D eigenvalue weighted by molar-refractivity contribution is 5.95. The van der Waals surface area contributed by atoms with Crippen LogP contribution in [0.2, 0.25) is 0 Å². The number of Topliss-reactive ketones (excluding diaryl/α,β-unsaturated/α-hetero) is 1. The number of carbonyl (C=O) groups is 3. The molecule has 25 heavy (non-hydrogen) atoms. The fourth-order valence-electron chi connectivity index (χ4n) is 5.23. The summed E-state index contributed by atoms with van der Waals surface area (Å²) in [5.41, 5.74) is -1.08. The van der Waals surface area contributed by atoms with Crippen LogP contribution in [0.25, 0.3) is 0 Å². The first-order chi connectivity index (χ1) is 12.0. The summed E-state index contributed by atoms with van der Waals surface area (Å²) in [7, 11) is 0. The molecule has 0 unspecified atom stereocenters. The Hall–Kier alpha value is -2.41. The Labute approximate surface area is 143 Å². The number of amides is 1. The van der Waals surface area contributed by atoms with E-state index in [0.29, 0.717) is 5.76 Å². The van der Waals surface area contributed by atoms with Gasteiger partial charge in [-0.3, -0.25) is 9.59 Å². The Morgan fingerprint density at radius 3 is 2.88 bits per heavy atom. The minimum atomic E-state index is -1.29. The third kappa shape index (κ3) is 1.62. The van der Waals surface area contributed by atoms with Gasteiger partial charge in [0.2, 0.25) is 5.91 Å². The molecule has 4 aliphatic heterocycles. The summed E-state index contributed by atoms with van der Waals surface area (Å²) in [6, 6.07) is 2.37. The average Bonchev–Trinajstić information content (AvgIpc) is 3.32. The fourth-order valence-corrected chi connectivity index (χ4v) is 5.23. The number of carbonyl (C=O) groups excluding carboxylic acids is 3. The molecule has 7 heteroatoms. The normalized spacial score (nSPS) is 44.3. The lowest BCUT2D eigenvalue weighted by Gasteiger charge is -2.43. The number of carboxylic acids is 1. The van der Waals surface area contributed by atoms with Gasteiger partial charge in [0.15, 0.2) is 0 Å². The van der Waals surface area contributed by atoms with Crippen LogP contribution in [0, 0.1) is 17.8 Å². The zero-order chi connectivity index (χ0) is 17.5. The maximum absolute atomic E-state index is 13.2. The predicted octanol–water partition coefficient (Wildman–Crippen LogP) is -0.170. The van der Waals surface area contributed by atoms with Crippen molar-refractivity contribution in [3.63, 3.8) is 0 Å². The summed E-state index contributed by atoms with van der Waals surface area (Å²) in [4.78, 5) is 39.2. The van der Waals surface area contributed by atoms with Crippen molar-refractivity contribution < 1.29 is 28.6 Å². The maximum atomic E-state index is 13.2. The van der Waals surface area contributed by atoms with Crippen molar-refractivity contribution in [3.8, 4) is 0 Å². The first kappa shape index (κ1) is 14.9. The fraction of sp³-hybridized carbons (Fsp3) is 0.500. The lowest BCUT2D eigenvalue weighted by Crippen LogP contribution is -2.55. The predicted molar refractivity (Wildman–Crippen MR) is 79.6 cm³/mol. The number of furan rings is 1. The Morgan fingerprint density at radius 2 is 2.20 bits per heavy atom. The van der Waals surface area contributed by atoms with E-state index in [0.717, 1.165) is 0 Å². The molecule has 3 fully saturated rings. The van der Waals surface area contributed by atoms with Gasteiger partial charge in [0.25, 0.3) is 0 Å². The van der Waals surface area contributed by atoms with Crippen molar-refractivity contribution in [2.45, 2.75) is 37.1 Å². The van der Waals surface area contributed by atoms with Crippen LogP contribution in [-0.4, -0.2) is 40.3 Å². The van der Waals surface area contributed by atoms with E-state index >= 15 is 0 Å². The van der Waals surface area contributed by atoms with Gasteiger partial charge in [0.1, 0.15) is 17.1 Å². The van der Waals surface area contributed by atoms with E-state index in [1.165, 1.54) is 6.26 Å². The number of fused-ring (bicyclic) bond motifs is 2. The van der Waals surface area contributed by atoms with E-state index in [2.05, 4.69) is 0 Å². The number of hydrogen-bond acceptors (Lipinski definition) is 6. The van der Waals surface area contributed by atoms with Crippen molar-refractivity contribution in [1.82, 2.24) is 4.90 Å². The van der Waals surface area contributed by atoms with Crippen LogP contribution >= 0.6 is 0 Å². The zero-order valence-corrected chi connectivity index (χ0v) is 13.5. The second-order valence-corrected chi connectivity index (χ2v) is 7.30. The molecule has 1 aromatic heterocycles. The molecular formula is C18H16NO6-. The lowest BCUT2D eigenvalue weighted by atomic mass is 9.71. The number of hydrogen-bond donors (Lipinski definition) is 0. The smallest absolute Gasteiger partial charge is 0.230 e. The average molecular weight is 342 g/mol. The van der Waals surface area contributed by atoms with Gasteiger partial charge in [0.05, 0.1) is 30.4 Å². The van der Waals surface area contributed by atoms with E-state index in [9.17, 15) is 19.5 Å². The van der Waals surface area contributed by atoms with Gasteiger partial charge >= 0.3 is 0 Å². The lowest BCUT2D eigenvalue weighted by molar-refractivity contribution is -0.313. The Bertz CT molecular complexity index is 814. The van der Waals surface area contributed by atoms with Crippen LogP contribution in [0.1, 0.15) is 25.1 Å². The summed E-state index contributed by atoms with van der Waals surface area (Å²) < 4.78 is 11.5. The Kier molecular flexibility index (Phi) is 2.74. The summed E-state index contributed by atoms with van der Waals surface area (Å²) in [6.45, 7) is 1.78. The van der Waals surface area contributed by atoms with E-state index in [1.807, 2.05) is 0 Å². The summed E-state index contributed by atoms with van der Waals surface area (Å²) in [5.74, 6) is -3.37. The molecule has 0 aliphatic carbocycles. The van der Waals surface area contributed by atoms with Gasteiger partial charge in [-0.15, -0.1) is 0 Å². The van der Waals surface area contributed by atoms with Gasteiger partial charge in [-0.05, 0) is 12.1 Å². The Balaban J connectivity index is 1.67. The number of nitrogens with zero attached hydrogens (tertiary/aromatic N) is 1. The molecule has 0 radical (unpaired) electrons. The van der Waals surface area contributed by atoms with E-state index in [1.54, 1.807) is 36.1 Å². The van der Waals surface area contributed by atoms with Crippen molar-refractivity contribution >= 4 is 17.7 Å². The zero-order valence-electron chi connectivity index (χ0n) is 13.5. The van der Waals surface area contributed by atoms with Crippen LogP contribution in [-0.2, 0) is 19.1 Å². The Morgan fingerprint density at radius 1 is 1.40 bits per heavy atom. The van der Waals surface area contributed by atoms with Crippen LogP contribution in [0.5, 0.6) is 0 Å². The summed E-state index contributed by atoms with van der Waals surface area (Å²) in [5, 5.41) is 11.7. The van der Waals surface area contributed by atoms with Gasteiger partial charge in [-0.25, -0.2) is 0 Å². The van der Waals surface area contributed by atoms with E-state index in [-0.39, 0.29) is 18.1 Å². The second-order valence-electron chi connectivity index (χ2n) is 7.30. The minimum absolute atomic E-state index is 0.0165. The molecule has 1 spiro atoms. The third-order valence-corrected chi connectivity index (χ3v) is 6.22. The molecule has 1 aromatic rings. The van der Waals surface area contributed by atoms with Gasteiger partial charge in [-0.1, -0.05) is 19.1 Å². The summed E-state index contributed by atoms with van der Waals surface area (Å²) in [6.07, 6.45) is 4.44. The molecule has 4 aliphatic rings. The highest BCUT2D eigenvalue weighted by Gasteiger charge is 2.73. The first-order valence-electron chi connectivity index (χ1n) is 8.42. The number of carboxylic acid groups (broad SMARTS) is 1. The van der Waals surface area contributed by atoms with Gasteiger partial charge in [-0.2, -0.15) is 0 Å². The number of piperidine rings is 1. The first-order valence-corrected chi connectivity index (χ1v) is 8.42. The highest BCUT2D eigenvalue weighted by Crippen LogP contribution is 2.59. The van der Waals surface area contributed by atoms with Crippen molar-refractivity contribution in [1.29, 1.82) is 0 Å². The third-order valence-electron chi connectivity index (χ3n) is 6.22. The molecule has 3 saturated heterocycles. The van der Waals surface area contributed by atoms with Gasteiger partial charge in [0, 0.05) is 24.2 Å². The molecule has 0 N–H and O–H groups in total. The monoisotopic (exact) mass is 342 g/mol. The van der Waals surface area contributed by atoms with Crippen molar-refractivity contribution in [2.75, 3.05) is 0 Å². The molecule has 0 aromatic carbocycles. The van der Waals surface area contributed by atoms with Crippen LogP contribution in [0.4, 0.5) is 0 Å². The SMILES string of the molecule is C[C@H]1C(=O)C[C@@H](c2ccco2)N2C(=O)[C@H]3[C@@H](C(=O)[O-])[C@H]4C=C[C@@]3(O4)[C@@H]12. The molecule has 5 heterocycles. The quantitative estimate of drug-likeness (QED) is 0.692. The van der Waals surface area contributed by atoms with E-state index < -0.39 is 47.5 Å². The van der Waals surface area contributed by atoms with Crippen molar-refractivity contribution in [3.05, 3.63) is 36.3 Å². The van der Waals surface area contributed by atoms with Crippen LogP contribution in [0.15, 0.2) is 35.0 Å². The highest BCUT2D eigenvalue weighted by atomic mass is 16.5. The van der Waals surface area contributed by atoms with E-state index in [4.69, 9.17) is 9.15 Å². The molecule has 5 rings (SSSR count). The number of aliphatic carboxylic acids is 1. The van der Waals surface area contributed by atoms with Gasteiger partial charge < -0.3 is 24.0 Å². The second kappa shape index (κ2) is 4.60. The summed E-state index contributed by atoms with van der Waals surface area (Å²) >= 11 is 0. The maximum Gasteiger partial charge on any atom is 0.230 e. The number of ether oxygens (including phenoxy) is 1. The molecule has 2 bridgehead atoms.